The second-order valence-electron chi connectivity index (χ2n) is 3.75. The number of rotatable bonds is 4. The zero-order chi connectivity index (χ0) is 13.0. The Morgan fingerprint density at radius 2 is 2.06 bits per heavy atom. The number of carbonyl (C=O) groups is 1. The van der Waals surface area contributed by atoms with Crippen molar-refractivity contribution in [3.8, 4) is 11.3 Å². The molecule has 1 aromatic heterocycles. The molecule has 0 saturated carbocycles. The minimum Gasteiger partial charge on any atom is -0.462 e. The molecule has 0 saturated heterocycles. The SMILES string of the molecule is CCOC(=O)c1cc(CN)oc1-c1ccccc1. The molecule has 4 nitrogen and oxygen atoms in total. The number of hydrogen-bond acceptors (Lipinski definition) is 4. The molecule has 18 heavy (non-hydrogen) atoms. The second kappa shape index (κ2) is 5.51. The molecule has 2 aromatic rings. The van der Waals surface area contributed by atoms with Crippen LogP contribution in [0.4, 0.5) is 0 Å². The van der Waals surface area contributed by atoms with Gasteiger partial charge in [-0.05, 0) is 13.0 Å². The van der Waals surface area contributed by atoms with E-state index < -0.39 is 0 Å². The van der Waals surface area contributed by atoms with E-state index in [4.69, 9.17) is 14.9 Å². The molecule has 0 aliphatic rings. The van der Waals surface area contributed by atoms with Crippen LogP contribution in [0.15, 0.2) is 40.8 Å². The zero-order valence-corrected chi connectivity index (χ0v) is 10.2. The van der Waals surface area contributed by atoms with Gasteiger partial charge in [-0.2, -0.15) is 0 Å². The van der Waals surface area contributed by atoms with Crippen LogP contribution in [0.3, 0.4) is 0 Å². The molecule has 1 heterocycles. The average Bonchev–Trinajstić information content (AvgIpc) is 2.84. The molecule has 94 valence electrons. The maximum Gasteiger partial charge on any atom is 0.342 e. The highest BCUT2D eigenvalue weighted by Crippen LogP contribution is 2.27. The van der Waals surface area contributed by atoms with Gasteiger partial charge in [-0.1, -0.05) is 30.3 Å². The quantitative estimate of drug-likeness (QED) is 0.841. The molecular formula is C14H15NO3. The predicted molar refractivity (Wildman–Crippen MR) is 68.0 cm³/mol. The number of esters is 1. The largest absolute Gasteiger partial charge is 0.462 e. The number of ether oxygens (including phenoxy) is 1. The van der Waals surface area contributed by atoms with Gasteiger partial charge < -0.3 is 14.9 Å². The fourth-order valence-corrected chi connectivity index (χ4v) is 1.71. The van der Waals surface area contributed by atoms with E-state index in [0.717, 1.165) is 5.56 Å². The van der Waals surface area contributed by atoms with Gasteiger partial charge >= 0.3 is 5.97 Å². The van der Waals surface area contributed by atoms with Gasteiger partial charge in [0.25, 0.3) is 0 Å². The van der Waals surface area contributed by atoms with Gasteiger partial charge in [-0.15, -0.1) is 0 Å². The predicted octanol–water partition coefficient (Wildman–Crippen LogP) is 2.58. The van der Waals surface area contributed by atoms with E-state index in [0.29, 0.717) is 23.7 Å². The van der Waals surface area contributed by atoms with Gasteiger partial charge in [0.05, 0.1) is 13.2 Å². The molecule has 0 fully saturated rings. The van der Waals surface area contributed by atoms with Crippen LogP contribution in [0, 0.1) is 0 Å². The Balaban J connectivity index is 2.45. The van der Waals surface area contributed by atoms with Gasteiger partial charge in [0.15, 0.2) is 0 Å². The van der Waals surface area contributed by atoms with Gasteiger partial charge in [0.2, 0.25) is 0 Å². The summed E-state index contributed by atoms with van der Waals surface area (Å²) in [4.78, 5) is 11.8. The van der Waals surface area contributed by atoms with Gasteiger partial charge in [0.1, 0.15) is 17.1 Å². The van der Waals surface area contributed by atoms with Crippen molar-refractivity contribution in [2.75, 3.05) is 6.61 Å². The molecular weight excluding hydrogens is 230 g/mol. The highest BCUT2D eigenvalue weighted by molar-refractivity contribution is 5.96. The van der Waals surface area contributed by atoms with Gasteiger partial charge in [0, 0.05) is 5.56 Å². The van der Waals surface area contributed by atoms with E-state index >= 15 is 0 Å². The van der Waals surface area contributed by atoms with E-state index in [1.807, 2.05) is 30.3 Å². The maximum absolute atomic E-state index is 11.8. The summed E-state index contributed by atoms with van der Waals surface area (Å²) in [5, 5.41) is 0. The lowest BCUT2D eigenvalue weighted by molar-refractivity contribution is 0.0527. The van der Waals surface area contributed by atoms with Crippen LogP contribution in [-0.4, -0.2) is 12.6 Å². The molecule has 4 heteroatoms. The van der Waals surface area contributed by atoms with Crippen LogP contribution in [-0.2, 0) is 11.3 Å². The normalized spacial score (nSPS) is 10.3. The minimum atomic E-state index is -0.389. The van der Waals surface area contributed by atoms with Crippen molar-refractivity contribution in [3.63, 3.8) is 0 Å². The van der Waals surface area contributed by atoms with Crippen molar-refractivity contribution in [3.05, 3.63) is 47.7 Å². The lowest BCUT2D eigenvalue weighted by atomic mass is 10.1. The summed E-state index contributed by atoms with van der Waals surface area (Å²) in [7, 11) is 0. The van der Waals surface area contributed by atoms with Gasteiger partial charge in [-0.25, -0.2) is 4.79 Å². The monoisotopic (exact) mass is 245 g/mol. The molecule has 0 amide bonds. The van der Waals surface area contributed by atoms with Gasteiger partial charge in [-0.3, -0.25) is 0 Å². The molecule has 0 radical (unpaired) electrons. The van der Waals surface area contributed by atoms with Crippen LogP contribution >= 0.6 is 0 Å². The summed E-state index contributed by atoms with van der Waals surface area (Å²) in [6, 6.07) is 11.1. The molecule has 0 bridgehead atoms. The topological polar surface area (TPSA) is 65.5 Å². The van der Waals surface area contributed by atoms with Crippen LogP contribution in [0.5, 0.6) is 0 Å². The molecule has 0 aliphatic heterocycles. The van der Waals surface area contributed by atoms with E-state index in [1.165, 1.54) is 0 Å². The van der Waals surface area contributed by atoms with E-state index in [2.05, 4.69) is 0 Å². The Morgan fingerprint density at radius 3 is 2.67 bits per heavy atom. The maximum atomic E-state index is 11.8. The number of furan rings is 1. The highest BCUT2D eigenvalue weighted by atomic mass is 16.5. The van der Waals surface area contributed by atoms with Crippen molar-refractivity contribution in [1.82, 2.24) is 0 Å². The summed E-state index contributed by atoms with van der Waals surface area (Å²) < 4.78 is 10.6. The standard InChI is InChI=1S/C14H15NO3/c1-2-17-14(16)12-8-11(9-15)18-13(12)10-6-4-3-5-7-10/h3-8H,2,9,15H2,1H3. The molecule has 2 N–H and O–H groups in total. The van der Waals surface area contributed by atoms with Crippen molar-refractivity contribution < 1.29 is 13.9 Å². The zero-order valence-electron chi connectivity index (χ0n) is 10.2. The van der Waals surface area contributed by atoms with Crippen molar-refractivity contribution in [2.45, 2.75) is 13.5 Å². The van der Waals surface area contributed by atoms with E-state index in [1.54, 1.807) is 13.0 Å². The Morgan fingerprint density at radius 1 is 1.33 bits per heavy atom. The first-order valence-corrected chi connectivity index (χ1v) is 5.81. The molecule has 0 spiro atoms. The summed E-state index contributed by atoms with van der Waals surface area (Å²) >= 11 is 0. The smallest absolute Gasteiger partial charge is 0.342 e. The first kappa shape index (κ1) is 12.4. The first-order chi connectivity index (χ1) is 8.76. The number of carbonyl (C=O) groups excluding carboxylic acids is 1. The van der Waals surface area contributed by atoms with Crippen molar-refractivity contribution in [2.24, 2.45) is 5.73 Å². The van der Waals surface area contributed by atoms with E-state index in [9.17, 15) is 4.79 Å². The Labute approximate surface area is 105 Å². The molecule has 1 aromatic carbocycles. The first-order valence-electron chi connectivity index (χ1n) is 5.81. The number of benzene rings is 1. The number of hydrogen-bond donors (Lipinski definition) is 1. The van der Waals surface area contributed by atoms with Crippen molar-refractivity contribution in [1.29, 1.82) is 0 Å². The number of nitrogens with two attached hydrogens (primary N) is 1. The molecule has 0 atom stereocenters. The Hall–Kier alpha value is -2.07. The summed E-state index contributed by atoms with van der Waals surface area (Å²) in [6.45, 7) is 2.35. The summed E-state index contributed by atoms with van der Waals surface area (Å²) in [5.74, 6) is 0.686. The lowest BCUT2D eigenvalue weighted by Gasteiger charge is -2.02. The average molecular weight is 245 g/mol. The Kier molecular flexibility index (Phi) is 3.79. The summed E-state index contributed by atoms with van der Waals surface area (Å²) in [6.07, 6.45) is 0. The van der Waals surface area contributed by atoms with Crippen LogP contribution in [0.1, 0.15) is 23.0 Å². The highest BCUT2D eigenvalue weighted by Gasteiger charge is 2.19. The third-order valence-corrected chi connectivity index (χ3v) is 2.52. The third kappa shape index (κ3) is 2.43. The summed E-state index contributed by atoms with van der Waals surface area (Å²) in [5.41, 5.74) is 6.79. The molecule has 0 aliphatic carbocycles. The van der Waals surface area contributed by atoms with Crippen LogP contribution in [0.25, 0.3) is 11.3 Å². The molecule has 0 unspecified atom stereocenters. The third-order valence-electron chi connectivity index (χ3n) is 2.52. The fourth-order valence-electron chi connectivity index (χ4n) is 1.71. The van der Waals surface area contributed by atoms with Crippen LogP contribution in [0.2, 0.25) is 0 Å². The lowest BCUT2D eigenvalue weighted by Crippen LogP contribution is -2.04. The van der Waals surface area contributed by atoms with E-state index in [-0.39, 0.29) is 12.5 Å². The fraction of sp³-hybridized carbons (Fsp3) is 0.214. The minimum absolute atomic E-state index is 0.249. The van der Waals surface area contributed by atoms with Crippen molar-refractivity contribution >= 4 is 5.97 Å². The molecule has 2 rings (SSSR count). The van der Waals surface area contributed by atoms with Crippen LogP contribution < -0.4 is 5.73 Å². The second-order valence-corrected chi connectivity index (χ2v) is 3.75. The Bertz CT molecular complexity index is 531.